The number of nitrogens with one attached hydrogen (secondary N) is 1. The molecule has 1 N–H and O–H groups in total. The molecule has 0 heterocycles. The van der Waals surface area contributed by atoms with Crippen molar-refractivity contribution in [1.29, 1.82) is 0 Å². The van der Waals surface area contributed by atoms with Gasteiger partial charge in [-0.2, -0.15) is 12.6 Å². The summed E-state index contributed by atoms with van der Waals surface area (Å²) in [5, 5.41) is 2.98. The summed E-state index contributed by atoms with van der Waals surface area (Å²) in [4.78, 5) is 11.8. The Morgan fingerprint density at radius 1 is 1.53 bits per heavy atom. The topological polar surface area (TPSA) is 29.1 Å². The van der Waals surface area contributed by atoms with Crippen molar-refractivity contribution in [2.24, 2.45) is 5.41 Å². The minimum atomic E-state index is -0.417. The van der Waals surface area contributed by atoms with E-state index in [4.69, 9.17) is 11.6 Å². The molecule has 1 aromatic carbocycles. The first-order valence-electron chi connectivity index (χ1n) is 5.40. The molecule has 17 heavy (non-hydrogen) atoms. The zero-order chi connectivity index (χ0) is 12.5. The molecule has 1 amide bonds. The van der Waals surface area contributed by atoms with E-state index >= 15 is 0 Å². The highest BCUT2D eigenvalue weighted by atomic mass is 35.5. The van der Waals surface area contributed by atoms with Gasteiger partial charge >= 0.3 is 0 Å². The van der Waals surface area contributed by atoms with Crippen molar-refractivity contribution in [2.75, 3.05) is 11.1 Å². The van der Waals surface area contributed by atoms with Crippen LogP contribution in [0.25, 0.3) is 0 Å². The van der Waals surface area contributed by atoms with Crippen LogP contribution in [0.4, 0.5) is 10.1 Å². The summed E-state index contributed by atoms with van der Waals surface area (Å²) in [7, 11) is 0. The molecule has 2 nitrogen and oxygen atoms in total. The zero-order valence-electron chi connectivity index (χ0n) is 9.17. The van der Waals surface area contributed by atoms with Crippen molar-refractivity contribution in [3.05, 3.63) is 29.0 Å². The van der Waals surface area contributed by atoms with Crippen LogP contribution in [0.15, 0.2) is 18.2 Å². The van der Waals surface area contributed by atoms with Gasteiger partial charge in [-0.25, -0.2) is 4.39 Å². The van der Waals surface area contributed by atoms with Gasteiger partial charge in [-0.1, -0.05) is 11.6 Å². The maximum absolute atomic E-state index is 13.0. The first-order valence-corrected chi connectivity index (χ1v) is 6.41. The van der Waals surface area contributed by atoms with Gasteiger partial charge in [0.15, 0.2) is 0 Å². The second-order valence-corrected chi connectivity index (χ2v) is 5.23. The summed E-state index contributed by atoms with van der Waals surface area (Å²) >= 11 is 10.1. The van der Waals surface area contributed by atoms with E-state index < -0.39 is 5.82 Å². The summed E-state index contributed by atoms with van der Waals surface area (Å²) < 4.78 is 13.0. The van der Waals surface area contributed by atoms with Crippen molar-refractivity contribution in [1.82, 2.24) is 0 Å². The van der Waals surface area contributed by atoms with Crippen LogP contribution in [-0.4, -0.2) is 11.7 Å². The van der Waals surface area contributed by atoms with Gasteiger partial charge in [-0.3, -0.25) is 4.79 Å². The average molecular weight is 274 g/mol. The molecule has 0 atom stereocenters. The largest absolute Gasteiger partial charge is 0.325 e. The van der Waals surface area contributed by atoms with Crippen LogP contribution in [0.5, 0.6) is 0 Å². The lowest BCUT2D eigenvalue weighted by Gasteiger charge is -2.12. The summed E-state index contributed by atoms with van der Waals surface area (Å²) in [6.45, 7) is 0. The summed E-state index contributed by atoms with van der Waals surface area (Å²) in [6, 6.07) is 3.91. The number of carbonyl (C=O) groups excluding carboxylic acids is 1. The van der Waals surface area contributed by atoms with Gasteiger partial charge in [0.1, 0.15) is 5.82 Å². The monoisotopic (exact) mass is 273 g/mol. The number of thiol groups is 1. The molecule has 0 bridgehead atoms. The minimum absolute atomic E-state index is 0.0486. The van der Waals surface area contributed by atoms with Gasteiger partial charge in [-0.15, -0.1) is 0 Å². The van der Waals surface area contributed by atoms with E-state index in [1.807, 2.05) is 0 Å². The first kappa shape index (κ1) is 12.7. The predicted octanol–water partition coefficient (Wildman–Crippen LogP) is 3.52. The van der Waals surface area contributed by atoms with Gasteiger partial charge in [0.25, 0.3) is 0 Å². The van der Waals surface area contributed by atoms with Crippen LogP contribution in [0.3, 0.4) is 0 Å². The zero-order valence-corrected chi connectivity index (χ0v) is 10.8. The molecular weight excluding hydrogens is 261 g/mol. The fourth-order valence-electron chi connectivity index (χ4n) is 1.70. The Balaban J connectivity index is 2.00. The Hall–Kier alpha value is -0.740. The highest BCUT2D eigenvalue weighted by Crippen LogP contribution is 2.49. The minimum Gasteiger partial charge on any atom is -0.325 e. The number of rotatable bonds is 4. The molecular formula is C12H13ClFNOS. The Labute approximate surface area is 110 Å². The van der Waals surface area contributed by atoms with Crippen LogP contribution < -0.4 is 5.32 Å². The maximum atomic E-state index is 13.0. The number of carbonyl (C=O) groups is 1. The third-order valence-electron chi connectivity index (χ3n) is 3.03. The van der Waals surface area contributed by atoms with E-state index in [9.17, 15) is 9.18 Å². The number of halogens is 2. The molecule has 0 radical (unpaired) electrons. The van der Waals surface area contributed by atoms with Crippen LogP contribution >= 0.6 is 24.2 Å². The van der Waals surface area contributed by atoms with E-state index in [0.717, 1.165) is 12.8 Å². The fourth-order valence-corrected chi connectivity index (χ4v) is 2.29. The molecule has 0 spiro atoms. The quantitative estimate of drug-likeness (QED) is 0.808. The Bertz CT molecular complexity index is 448. The fraction of sp³-hybridized carbons (Fsp3) is 0.417. The highest BCUT2D eigenvalue weighted by molar-refractivity contribution is 7.80. The van der Waals surface area contributed by atoms with E-state index in [-0.39, 0.29) is 11.3 Å². The van der Waals surface area contributed by atoms with Crippen LogP contribution in [0.1, 0.15) is 19.3 Å². The molecule has 0 saturated heterocycles. The van der Waals surface area contributed by atoms with E-state index in [2.05, 4.69) is 17.9 Å². The lowest BCUT2D eigenvalue weighted by atomic mass is 10.1. The molecule has 5 heteroatoms. The van der Waals surface area contributed by atoms with E-state index in [0.29, 0.717) is 22.9 Å². The Morgan fingerprint density at radius 3 is 2.82 bits per heavy atom. The van der Waals surface area contributed by atoms with Crippen molar-refractivity contribution < 1.29 is 9.18 Å². The third kappa shape index (κ3) is 3.13. The van der Waals surface area contributed by atoms with Crippen LogP contribution in [0.2, 0.25) is 5.02 Å². The molecule has 1 fully saturated rings. The third-order valence-corrected chi connectivity index (χ3v) is 4.03. The maximum Gasteiger partial charge on any atom is 0.225 e. The number of hydrogen-bond acceptors (Lipinski definition) is 2. The molecule has 0 aliphatic heterocycles. The summed E-state index contributed by atoms with van der Waals surface area (Å²) in [5.41, 5.74) is 0.374. The van der Waals surface area contributed by atoms with Crippen molar-refractivity contribution in [3.63, 3.8) is 0 Å². The average Bonchev–Trinajstić information content (AvgIpc) is 3.04. The molecule has 0 unspecified atom stereocenters. The van der Waals surface area contributed by atoms with Gasteiger partial charge in [0.2, 0.25) is 5.91 Å². The molecule has 92 valence electrons. The molecule has 1 aliphatic carbocycles. The number of benzene rings is 1. The second kappa shape index (κ2) is 4.86. The van der Waals surface area contributed by atoms with Crippen molar-refractivity contribution in [3.8, 4) is 0 Å². The molecule has 1 aromatic rings. The summed E-state index contributed by atoms with van der Waals surface area (Å²) in [6.07, 6.45) is 2.48. The smallest absolute Gasteiger partial charge is 0.225 e. The summed E-state index contributed by atoms with van der Waals surface area (Å²) in [5.74, 6) is 0.154. The van der Waals surface area contributed by atoms with Gasteiger partial charge in [-0.05, 0) is 42.2 Å². The normalized spacial score (nSPS) is 16.6. The lowest BCUT2D eigenvalue weighted by Crippen LogP contribution is -2.18. The molecule has 1 saturated carbocycles. The Morgan fingerprint density at radius 2 is 2.24 bits per heavy atom. The number of amides is 1. The van der Waals surface area contributed by atoms with Crippen LogP contribution in [-0.2, 0) is 4.79 Å². The SMILES string of the molecule is O=C(CC1(CS)CC1)Nc1cc(F)ccc1Cl. The number of hydrogen-bond donors (Lipinski definition) is 2. The molecule has 1 aliphatic rings. The van der Waals surface area contributed by atoms with Crippen molar-refractivity contribution >= 4 is 35.8 Å². The van der Waals surface area contributed by atoms with Gasteiger partial charge in [0, 0.05) is 6.42 Å². The lowest BCUT2D eigenvalue weighted by molar-refractivity contribution is -0.117. The van der Waals surface area contributed by atoms with Crippen molar-refractivity contribution in [2.45, 2.75) is 19.3 Å². The second-order valence-electron chi connectivity index (χ2n) is 4.51. The highest BCUT2D eigenvalue weighted by Gasteiger charge is 2.42. The number of anilines is 1. The first-order chi connectivity index (χ1) is 8.04. The Kier molecular flexibility index (Phi) is 3.64. The van der Waals surface area contributed by atoms with Gasteiger partial charge < -0.3 is 5.32 Å². The van der Waals surface area contributed by atoms with E-state index in [1.165, 1.54) is 18.2 Å². The van der Waals surface area contributed by atoms with Crippen LogP contribution in [0, 0.1) is 11.2 Å². The molecule has 2 rings (SSSR count). The van der Waals surface area contributed by atoms with E-state index in [1.54, 1.807) is 0 Å². The predicted molar refractivity (Wildman–Crippen MR) is 70.2 cm³/mol. The van der Waals surface area contributed by atoms with Gasteiger partial charge in [0.05, 0.1) is 10.7 Å². The standard InChI is InChI=1S/C12H13ClFNOS/c13-9-2-1-8(14)5-10(9)15-11(16)6-12(7-17)3-4-12/h1-2,5,17H,3-4,6-7H2,(H,15,16). The molecule has 0 aromatic heterocycles.